The van der Waals surface area contributed by atoms with Gasteiger partial charge in [-0.25, -0.2) is 18.6 Å². The van der Waals surface area contributed by atoms with Gasteiger partial charge < -0.3 is 24.0 Å². The first kappa shape index (κ1) is 27.6. The van der Waals surface area contributed by atoms with Crippen LogP contribution in [-0.4, -0.2) is 46.4 Å². The number of carboxylic acid groups (broad SMARTS) is 1. The molecular formula is C31H33F2N3O4. The second-order valence-electron chi connectivity index (χ2n) is 11.2. The zero-order chi connectivity index (χ0) is 28.9. The molecule has 0 radical (unpaired) electrons. The third kappa shape index (κ3) is 4.90. The van der Waals surface area contributed by atoms with Gasteiger partial charge in [0, 0.05) is 41.0 Å². The Kier molecular flexibility index (Phi) is 7.04. The van der Waals surface area contributed by atoms with E-state index < -0.39 is 29.3 Å². The van der Waals surface area contributed by atoms with E-state index in [-0.39, 0.29) is 12.1 Å². The molecule has 0 fully saturated rings. The summed E-state index contributed by atoms with van der Waals surface area (Å²) in [5, 5.41) is 11.0. The molecule has 5 rings (SSSR count). The number of carboxylic acids is 1. The van der Waals surface area contributed by atoms with Crippen molar-refractivity contribution in [2.75, 3.05) is 25.1 Å². The first-order valence-electron chi connectivity index (χ1n) is 13.2. The highest BCUT2D eigenvalue weighted by Gasteiger charge is 2.34. The van der Waals surface area contributed by atoms with Crippen molar-refractivity contribution in [2.24, 2.45) is 0 Å². The van der Waals surface area contributed by atoms with Crippen LogP contribution in [0.2, 0.25) is 0 Å². The molecule has 210 valence electrons. The van der Waals surface area contributed by atoms with Gasteiger partial charge in [-0.05, 0) is 63.9 Å². The Bertz CT molecular complexity index is 1620. The van der Waals surface area contributed by atoms with Crippen LogP contribution in [0.1, 0.15) is 49.3 Å². The molecule has 1 N–H and O–H groups in total. The lowest BCUT2D eigenvalue weighted by Crippen LogP contribution is -2.30. The molecule has 9 heteroatoms. The largest absolute Gasteiger partial charge is 0.490 e. The van der Waals surface area contributed by atoms with Crippen molar-refractivity contribution < 1.29 is 28.2 Å². The average molecular weight is 550 g/mol. The molecule has 1 aliphatic heterocycles. The number of rotatable bonds is 6. The summed E-state index contributed by atoms with van der Waals surface area (Å²) >= 11 is 0. The fourth-order valence-electron chi connectivity index (χ4n) is 5.45. The van der Waals surface area contributed by atoms with Crippen molar-refractivity contribution in [3.05, 3.63) is 76.6 Å². The van der Waals surface area contributed by atoms with Gasteiger partial charge in [-0.3, -0.25) is 0 Å². The fraction of sp³-hybridized carbons (Fsp3) is 0.355. The van der Waals surface area contributed by atoms with E-state index in [1.165, 1.54) is 12.1 Å². The highest BCUT2D eigenvalue weighted by Crippen LogP contribution is 2.45. The quantitative estimate of drug-likeness (QED) is 0.299. The molecule has 3 heterocycles. The summed E-state index contributed by atoms with van der Waals surface area (Å²) in [5.41, 5.74) is 4.25. The van der Waals surface area contributed by atoms with Crippen molar-refractivity contribution in [1.82, 2.24) is 9.55 Å². The summed E-state index contributed by atoms with van der Waals surface area (Å²) in [6, 6.07) is 9.77. The molecule has 0 aliphatic carbocycles. The maximum absolute atomic E-state index is 14.6. The van der Waals surface area contributed by atoms with Crippen LogP contribution in [0.5, 0.6) is 5.75 Å². The number of carbonyl (C=O) groups is 1. The van der Waals surface area contributed by atoms with Crippen molar-refractivity contribution in [3.8, 4) is 16.9 Å². The lowest BCUT2D eigenvalue weighted by molar-refractivity contribution is -0.160. The minimum atomic E-state index is -1.29. The van der Waals surface area contributed by atoms with Crippen LogP contribution in [0.15, 0.2) is 42.6 Å². The fourth-order valence-corrected chi connectivity index (χ4v) is 5.45. The van der Waals surface area contributed by atoms with E-state index in [1.807, 2.05) is 52.9 Å². The van der Waals surface area contributed by atoms with Crippen LogP contribution in [-0.2, 0) is 16.1 Å². The molecule has 0 saturated heterocycles. The zero-order valence-electron chi connectivity index (χ0n) is 23.5. The van der Waals surface area contributed by atoms with Crippen molar-refractivity contribution in [3.63, 3.8) is 0 Å². The number of ether oxygens (including phenoxy) is 2. The third-order valence-electron chi connectivity index (χ3n) is 7.20. The molecule has 0 bridgehead atoms. The first-order chi connectivity index (χ1) is 18.9. The van der Waals surface area contributed by atoms with Crippen LogP contribution in [0.25, 0.3) is 22.2 Å². The summed E-state index contributed by atoms with van der Waals surface area (Å²) in [5.74, 6) is -2.19. The summed E-state index contributed by atoms with van der Waals surface area (Å²) < 4.78 is 42.3. The Labute approximate surface area is 232 Å². The molecule has 0 spiro atoms. The summed E-state index contributed by atoms with van der Waals surface area (Å²) in [7, 11) is 2.00. The van der Waals surface area contributed by atoms with Gasteiger partial charge in [0.25, 0.3) is 0 Å². The number of halogens is 2. The molecular weight excluding hydrogens is 516 g/mol. The first-order valence-corrected chi connectivity index (χ1v) is 13.2. The van der Waals surface area contributed by atoms with E-state index in [0.717, 1.165) is 35.2 Å². The van der Waals surface area contributed by atoms with Gasteiger partial charge >= 0.3 is 5.97 Å². The van der Waals surface area contributed by atoms with Crippen molar-refractivity contribution >= 4 is 22.7 Å². The van der Waals surface area contributed by atoms with E-state index in [1.54, 1.807) is 17.7 Å². The zero-order valence-corrected chi connectivity index (χ0v) is 23.5. The maximum atomic E-state index is 14.6. The number of anilines is 1. The predicted molar refractivity (Wildman–Crippen MR) is 150 cm³/mol. The Balaban J connectivity index is 1.80. The van der Waals surface area contributed by atoms with E-state index in [2.05, 4.69) is 4.90 Å². The number of aliphatic carboxylic acids is 1. The topological polar surface area (TPSA) is 76.8 Å². The number of fused-ring (bicyclic) bond motifs is 2. The third-order valence-corrected chi connectivity index (χ3v) is 7.20. The lowest BCUT2D eigenvalue weighted by atomic mass is 9.89. The minimum absolute atomic E-state index is 0.0545. The van der Waals surface area contributed by atoms with Gasteiger partial charge in [0.1, 0.15) is 18.0 Å². The van der Waals surface area contributed by atoms with Crippen LogP contribution in [0, 0.1) is 25.5 Å². The normalized spacial score (nSPS) is 14.2. The minimum Gasteiger partial charge on any atom is -0.490 e. The van der Waals surface area contributed by atoms with Crippen LogP contribution in [0.3, 0.4) is 0 Å². The van der Waals surface area contributed by atoms with Gasteiger partial charge in [-0.2, -0.15) is 0 Å². The summed E-state index contributed by atoms with van der Waals surface area (Å²) in [6.07, 6.45) is 0.471. The average Bonchev–Trinajstić information content (AvgIpc) is 3.26. The van der Waals surface area contributed by atoms with Gasteiger partial charge in [0.2, 0.25) is 0 Å². The number of pyridine rings is 1. The maximum Gasteiger partial charge on any atom is 0.337 e. The molecule has 1 aliphatic rings. The molecule has 0 amide bonds. The highest BCUT2D eigenvalue weighted by molar-refractivity contribution is 6.00. The number of aryl methyl sites for hydroxylation is 1. The molecule has 0 unspecified atom stereocenters. The number of aromatic nitrogens is 2. The molecule has 4 aromatic rings. The van der Waals surface area contributed by atoms with Crippen LogP contribution >= 0.6 is 0 Å². The van der Waals surface area contributed by atoms with E-state index in [0.29, 0.717) is 34.5 Å². The standard InChI is InChI=1S/C31H33F2N3O4/c1-17-20(10-11-23-27(17)35(6)14-15-39-23)25-21-12-13-36(16-19-8-7-9-22(32)26(19)33)29(21)34-18(2)24(25)28(30(37)38)40-31(3,4)5/h7-13,28H,14-16H2,1-6H3,(H,37,38)/t28-/m0/s1. The van der Waals surface area contributed by atoms with Crippen molar-refractivity contribution in [2.45, 2.75) is 52.9 Å². The SMILES string of the molecule is Cc1nc2c(ccn2Cc2cccc(F)c2F)c(-c2ccc3c(c2C)N(C)CCO3)c1[C@H](OC(C)(C)C)C(=O)O. The van der Waals surface area contributed by atoms with E-state index >= 15 is 0 Å². The highest BCUT2D eigenvalue weighted by atomic mass is 19.2. The van der Waals surface area contributed by atoms with Gasteiger partial charge in [0.05, 0.1) is 24.4 Å². The Hall–Kier alpha value is -3.98. The van der Waals surface area contributed by atoms with Crippen LogP contribution < -0.4 is 9.64 Å². The molecule has 2 aromatic heterocycles. The number of likely N-dealkylation sites (N-methyl/N-ethyl adjacent to an activating group) is 1. The Morgan fingerprint density at radius 1 is 1.18 bits per heavy atom. The molecule has 2 aromatic carbocycles. The second-order valence-corrected chi connectivity index (χ2v) is 11.2. The van der Waals surface area contributed by atoms with Crippen LogP contribution in [0.4, 0.5) is 14.5 Å². The second kappa shape index (κ2) is 10.2. The van der Waals surface area contributed by atoms with Gasteiger partial charge in [-0.1, -0.05) is 18.2 Å². The molecule has 1 atom stereocenters. The number of hydrogen-bond donors (Lipinski definition) is 1. The van der Waals surface area contributed by atoms with Crippen molar-refractivity contribution in [1.29, 1.82) is 0 Å². The van der Waals surface area contributed by atoms with Gasteiger partial charge in [-0.15, -0.1) is 0 Å². The Morgan fingerprint density at radius 3 is 2.62 bits per heavy atom. The number of hydrogen-bond acceptors (Lipinski definition) is 5. The molecule has 7 nitrogen and oxygen atoms in total. The van der Waals surface area contributed by atoms with E-state index in [9.17, 15) is 18.7 Å². The predicted octanol–water partition coefficient (Wildman–Crippen LogP) is 6.42. The monoisotopic (exact) mass is 549 g/mol. The number of benzene rings is 2. The van der Waals surface area contributed by atoms with E-state index in [4.69, 9.17) is 14.5 Å². The lowest BCUT2D eigenvalue weighted by Gasteiger charge is -2.31. The number of nitrogens with zero attached hydrogens (tertiary/aromatic N) is 3. The molecule has 0 saturated carbocycles. The Morgan fingerprint density at radius 2 is 1.93 bits per heavy atom. The summed E-state index contributed by atoms with van der Waals surface area (Å²) in [6.45, 7) is 10.5. The molecule has 40 heavy (non-hydrogen) atoms. The smallest absolute Gasteiger partial charge is 0.337 e. The van der Waals surface area contributed by atoms with Gasteiger partial charge in [0.15, 0.2) is 17.7 Å². The summed E-state index contributed by atoms with van der Waals surface area (Å²) in [4.78, 5) is 19.6.